The predicted octanol–water partition coefficient (Wildman–Crippen LogP) is 1.76. The molecule has 1 heterocycles. The highest BCUT2D eigenvalue weighted by atomic mass is 16.5. The molecule has 4 heteroatoms. The first-order valence-corrected chi connectivity index (χ1v) is 4.87. The molecule has 15 heavy (non-hydrogen) atoms. The molecule has 1 atom stereocenters. The van der Waals surface area contributed by atoms with Gasteiger partial charge in [-0.05, 0) is 26.0 Å². The number of nitriles is 1. The van der Waals surface area contributed by atoms with E-state index in [2.05, 4.69) is 4.98 Å². The first-order valence-electron chi connectivity index (χ1n) is 4.87. The summed E-state index contributed by atoms with van der Waals surface area (Å²) in [5.74, 6) is 0.507. The highest BCUT2D eigenvalue weighted by Crippen LogP contribution is 2.15. The molecule has 0 aliphatic heterocycles. The van der Waals surface area contributed by atoms with E-state index in [1.807, 2.05) is 19.9 Å². The van der Waals surface area contributed by atoms with Crippen LogP contribution in [0.2, 0.25) is 0 Å². The van der Waals surface area contributed by atoms with Crippen LogP contribution in [0.1, 0.15) is 19.5 Å². The molecule has 0 saturated carbocycles. The molecule has 80 valence electrons. The lowest BCUT2D eigenvalue weighted by molar-refractivity contribution is 0.0654. The first-order chi connectivity index (χ1) is 7.27. The minimum atomic E-state index is -0.0822. The Labute approximate surface area is 89.5 Å². The molecule has 1 rings (SSSR count). The monoisotopic (exact) mass is 206 g/mol. The van der Waals surface area contributed by atoms with Crippen molar-refractivity contribution in [3.63, 3.8) is 0 Å². The third-order valence-electron chi connectivity index (χ3n) is 1.76. The molecule has 0 aromatic carbocycles. The van der Waals surface area contributed by atoms with Crippen LogP contribution >= 0.6 is 0 Å². The Morgan fingerprint density at radius 3 is 3.07 bits per heavy atom. The van der Waals surface area contributed by atoms with Crippen molar-refractivity contribution in [2.24, 2.45) is 0 Å². The van der Waals surface area contributed by atoms with E-state index in [0.29, 0.717) is 24.7 Å². The van der Waals surface area contributed by atoms with Gasteiger partial charge in [-0.1, -0.05) is 0 Å². The van der Waals surface area contributed by atoms with Crippen molar-refractivity contribution >= 4 is 0 Å². The van der Waals surface area contributed by atoms with Crippen molar-refractivity contribution in [2.75, 3.05) is 13.2 Å². The summed E-state index contributed by atoms with van der Waals surface area (Å²) in [7, 11) is 0. The summed E-state index contributed by atoms with van der Waals surface area (Å²) in [6.07, 6.45) is 1.49. The van der Waals surface area contributed by atoms with E-state index in [0.717, 1.165) is 0 Å². The number of nitrogens with zero attached hydrogens (tertiary/aromatic N) is 2. The van der Waals surface area contributed by atoms with Crippen LogP contribution in [-0.2, 0) is 4.74 Å². The predicted molar refractivity (Wildman–Crippen MR) is 55.5 cm³/mol. The number of rotatable bonds is 5. The lowest BCUT2D eigenvalue weighted by atomic mass is 10.3. The maximum absolute atomic E-state index is 8.78. The summed E-state index contributed by atoms with van der Waals surface area (Å²) < 4.78 is 10.7. The van der Waals surface area contributed by atoms with Gasteiger partial charge in [-0.15, -0.1) is 0 Å². The lowest BCUT2D eigenvalue weighted by Crippen LogP contribution is -2.19. The smallest absolute Gasteiger partial charge is 0.182 e. The van der Waals surface area contributed by atoms with Gasteiger partial charge in [-0.2, -0.15) is 5.26 Å². The summed E-state index contributed by atoms with van der Waals surface area (Å²) in [5, 5.41) is 8.78. The zero-order valence-corrected chi connectivity index (χ0v) is 8.93. The van der Waals surface area contributed by atoms with E-state index in [9.17, 15) is 0 Å². The Kier molecular flexibility index (Phi) is 4.58. The third-order valence-corrected chi connectivity index (χ3v) is 1.76. The largest absolute Gasteiger partial charge is 0.485 e. The quantitative estimate of drug-likeness (QED) is 0.736. The van der Waals surface area contributed by atoms with Gasteiger partial charge in [-0.25, -0.2) is 4.98 Å². The van der Waals surface area contributed by atoms with Gasteiger partial charge >= 0.3 is 0 Å². The number of aromatic nitrogens is 1. The maximum Gasteiger partial charge on any atom is 0.182 e. The van der Waals surface area contributed by atoms with E-state index in [4.69, 9.17) is 14.7 Å². The van der Waals surface area contributed by atoms with Gasteiger partial charge < -0.3 is 9.47 Å². The summed E-state index contributed by atoms with van der Waals surface area (Å²) in [5.41, 5.74) is 0.306. The fourth-order valence-corrected chi connectivity index (χ4v) is 1.10. The first kappa shape index (κ1) is 11.5. The van der Waals surface area contributed by atoms with Gasteiger partial charge in [0.05, 0.1) is 6.61 Å². The van der Waals surface area contributed by atoms with Gasteiger partial charge in [-0.3, -0.25) is 0 Å². The third kappa shape index (κ3) is 3.56. The van der Waals surface area contributed by atoms with Crippen LogP contribution in [0.25, 0.3) is 0 Å². The van der Waals surface area contributed by atoms with Crippen LogP contribution < -0.4 is 4.74 Å². The summed E-state index contributed by atoms with van der Waals surface area (Å²) in [4.78, 5) is 3.90. The van der Waals surface area contributed by atoms with Gasteiger partial charge in [0, 0.05) is 12.8 Å². The molecule has 0 radical (unpaired) electrons. The van der Waals surface area contributed by atoms with Gasteiger partial charge in [0.15, 0.2) is 11.4 Å². The Morgan fingerprint density at radius 1 is 1.60 bits per heavy atom. The zero-order chi connectivity index (χ0) is 11.1. The molecule has 0 N–H and O–H groups in total. The average molecular weight is 206 g/mol. The molecule has 0 aliphatic rings. The number of hydrogen-bond acceptors (Lipinski definition) is 4. The molecule has 0 bridgehead atoms. The van der Waals surface area contributed by atoms with Crippen LogP contribution in [0, 0.1) is 11.3 Å². The zero-order valence-electron chi connectivity index (χ0n) is 8.93. The van der Waals surface area contributed by atoms with Gasteiger partial charge in [0.2, 0.25) is 0 Å². The molecule has 4 nitrogen and oxygen atoms in total. The fraction of sp³-hybridized carbons (Fsp3) is 0.455. The van der Waals surface area contributed by atoms with Gasteiger partial charge in [0.25, 0.3) is 0 Å². The highest BCUT2D eigenvalue weighted by molar-refractivity contribution is 5.36. The fourth-order valence-electron chi connectivity index (χ4n) is 1.10. The Morgan fingerprint density at radius 2 is 2.40 bits per heavy atom. The molecule has 0 aliphatic carbocycles. The highest BCUT2D eigenvalue weighted by Gasteiger charge is 2.08. The molecule has 0 amide bonds. The summed E-state index contributed by atoms with van der Waals surface area (Å²) in [6, 6.07) is 5.45. The van der Waals surface area contributed by atoms with E-state index in [1.54, 1.807) is 18.3 Å². The minimum absolute atomic E-state index is 0.0822. The van der Waals surface area contributed by atoms with Crippen molar-refractivity contribution in [3.8, 4) is 11.8 Å². The second-order valence-corrected chi connectivity index (χ2v) is 3.05. The van der Waals surface area contributed by atoms with E-state index < -0.39 is 0 Å². The van der Waals surface area contributed by atoms with Crippen LogP contribution in [0.5, 0.6) is 5.75 Å². The molecule has 0 fully saturated rings. The molecular weight excluding hydrogens is 192 g/mol. The van der Waals surface area contributed by atoms with Crippen molar-refractivity contribution in [1.29, 1.82) is 5.26 Å². The van der Waals surface area contributed by atoms with Crippen LogP contribution in [-0.4, -0.2) is 24.3 Å². The normalized spacial score (nSPS) is 11.8. The molecular formula is C11H14N2O2. The molecule has 0 spiro atoms. The average Bonchev–Trinajstić information content (AvgIpc) is 2.27. The maximum atomic E-state index is 8.78. The van der Waals surface area contributed by atoms with Crippen LogP contribution in [0.15, 0.2) is 18.3 Å². The molecule has 0 saturated heterocycles. The van der Waals surface area contributed by atoms with Crippen molar-refractivity contribution in [2.45, 2.75) is 20.0 Å². The Balaban J connectivity index is 2.60. The molecule has 1 aromatic heterocycles. The Bertz CT molecular complexity index is 347. The minimum Gasteiger partial charge on any atom is -0.485 e. The molecule has 1 aromatic rings. The van der Waals surface area contributed by atoms with Crippen molar-refractivity contribution in [1.82, 2.24) is 4.98 Å². The second kappa shape index (κ2) is 5.99. The van der Waals surface area contributed by atoms with E-state index in [-0.39, 0.29) is 6.10 Å². The molecule has 1 unspecified atom stereocenters. The Hall–Kier alpha value is -1.60. The van der Waals surface area contributed by atoms with E-state index in [1.165, 1.54) is 0 Å². The summed E-state index contributed by atoms with van der Waals surface area (Å²) >= 11 is 0. The number of ether oxygens (including phenoxy) is 2. The second-order valence-electron chi connectivity index (χ2n) is 3.05. The van der Waals surface area contributed by atoms with Crippen molar-refractivity contribution in [3.05, 3.63) is 24.0 Å². The summed E-state index contributed by atoms with van der Waals surface area (Å²) in [6.45, 7) is 4.99. The lowest BCUT2D eigenvalue weighted by Gasteiger charge is -2.14. The number of hydrogen-bond donors (Lipinski definition) is 0. The van der Waals surface area contributed by atoms with E-state index >= 15 is 0 Å². The number of pyridine rings is 1. The topological polar surface area (TPSA) is 55.1 Å². The van der Waals surface area contributed by atoms with Crippen LogP contribution in [0.4, 0.5) is 0 Å². The van der Waals surface area contributed by atoms with Crippen molar-refractivity contribution < 1.29 is 9.47 Å². The van der Waals surface area contributed by atoms with Crippen LogP contribution in [0.3, 0.4) is 0 Å². The standard InChI is InChI=1S/C11H14N2O2/c1-3-14-8-9(2)15-11-5-4-6-13-10(11)7-12/h4-6,9H,3,8H2,1-2H3. The SMILES string of the molecule is CCOCC(C)Oc1cccnc1C#N. The van der Waals surface area contributed by atoms with Gasteiger partial charge in [0.1, 0.15) is 12.2 Å².